The van der Waals surface area contributed by atoms with E-state index in [1.807, 2.05) is 16.9 Å². The van der Waals surface area contributed by atoms with Gasteiger partial charge in [0.15, 0.2) is 0 Å². The van der Waals surface area contributed by atoms with Gasteiger partial charge in [0.1, 0.15) is 4.34 Å². The lowest BCUT2D eigenvalue weighted by molar-refractivity contribution is 0.177. The summed E-state index contributed by atoms with van der Waals surface area (Å²) >= 11 is 13.2. The van der Waals surface area contributed by atoms with Crippen LogP contribution in [0.3, 0.4) is 0 Å². The van der Waals surface area contributed by atoms with E-state index in [0.717, 1.165) is 5.69 Å². The normalized spacial score (nSPS) is 17.8. The van der Waals surface area contributed by atoms with Crippen LogP contribution in [-0.2, 0) is 6.42 Å². The SMILES string of the molecule is OC(Cc1ccn(C2CCCC2)n1)c1cc(Cl)sc1Cl. The van der Waals surface area contributed by atoms with Gasteiger partial charge in [0.2, 0.25) is 0 Å². The molecule has 2 heterocycles. The Balaban J connectivity index is 1.69. The predicted molar refractivity (Wildman–Crippen MR) is 82.7 cm³/mol. The maximum absolute atomic E-state index is 10.3. The lowest BCUT2D eigenvalue weighted by Crippen LogP contribution is -2.07. The maximum atomic E-state index is 10.3. The number of aliphatic hydroxyl groups is 1. The first-order chi connectivity index (χ1) is 9.63. The minimum Gasteiger partial charge on any atom is -0.388 e. The number of hydrogen-bond acceptors (Lipinski definition) is 3. The number of rotatable bonds is 4. The third-order valence-electron chi connectivity index (χ3n) is 3.81. The molecule has 0 aromatic carbocycles. The molecule has 2 aromatic rings. The van der Waals surface area contributed by atoms with Crippen molar-refractivity contribution in [2.24, 2.45) is 0 Å². The van der Waals surface area contributed by atoms with E-state index >= 15 is 0 Å². The van der Waals surface area contributed by atoms with E-state index in [2.05, 4.69) is 5.10 Å². The quantitative estimate of drug-likeness (QED) is 0.886. The molecule has 1 N–H and O–H groups in total. The standard InChI is InChI=1S/C14H16Cl2N2OS/c15-13-8-11(14(16)20-13)12(19)7-9-5-6-18(17-9)10-3-1-2-4-10/h5-6,8,10,12,19H,1-4,7H2. The minimum atomic E-state index is -0.654. The Labute approximate surface area is 132 Å². The van der Waals surface area contributed by atoms with Gasteiger partial charge >= 0.3 is 0 Å². The van der Waals surface area contributed by atoms with Crippen molar-refractivity contribution in [2.45, 2.75) is 44.2 Å². The van der Waals surface area contributed by atoms with Crippen molar-refractivity contribution in [3.8, 4) is 0 Å². The second kappa shape index (κ2) is 6.06. The highest BCUT2D eigenvalue weighted by Gasteiger charge is 2.20. The van der Waals surface area contributed by atoms with Gasteiger partial charge in [0.05, 0.1) is 22.2 Å². The van der Waals surface area contributed by atoms with Crippen molar-refractivity contribution in [1.29, 1.82) is 0 Å². The molecule has 20 heavy (non-hydrogen) atoms. The maximum Gasteiger partial charge on any atom is 0.100 e. The Hall–Kier alpha value is -0.550. The highest BCUT2D eigenvalue weighted by atomic mass is 35.5. The molecule has 2 aromatic heterocycles. The van der Waals surface area contributed by atoms with Crippen LogP contribution in [0.1, 0.15) is 49.1 Å². The smallest absolute Gasteiger partial charge is 0.100 e. The van der Waals surface area contributed by atoms with Crippen LogP contribution in [0.4, 0.5) is 0 Å². The second-order valence-corrected chi connectivity index (χ2v) is 7.51. The molecule has 108 valence electrons. The van der Waals surface area contributed by atoms with E-state index in [0.29, 0.717) is 26.7 Å². The van der Waals surface area contributed by atoms with Gasteiger partial charge in [-0.3, -0.25) is 4.68 Å². The van der Waals surface area contributed by atoms with E-state index < -0.39 is 6.10 Å². The Morgan fingerprint density at radius 3 is 2.80 bits per heavy atom. The van der Waals surface area contributed by atoms with Gasteiger partial charge in [0, 0.05) is 18.2 Å². The monoisotopic (exact) mass is 330 g/mol. The van der Waals surface area contributed by atoms with Crippen molar-refractivity contribution in [2.75, 3.05) is 0 Å². The van der Waals surface area contributed by atoms with Crippen LogP contribution in [0.2, 0.25) is 8.67 Å². The van der Waals surface area contributed by atoms with Crippen molar-refractivity contribution in [3.05, 3.63) is 38.3 Å². The summed E-state index contributed by atoms with van der Waals surface area (Å²) < 4.78 is 3.19. The summed E-state index contributed by atoms with van der Waals surface area (Å²) in [5.74, 6) is 0. The molecule has 1 atom stereocenters. The van der Waals surface area contributed by atoms with Gasteiger partial charge in [-0.05, 0) is 25.0 Å². The van der Waals surface area contributed by atoms with E-state index in [9.17, 15) is 5.11 Å². The van der Waals surface area contributed by atoms with Gasteiger partial charge in [-0.25, -0.2) is 0 Å². The number of thiophene rings is 1. The van der Waals surface area contributed by atoms with E-state index in [4.69, 9.17) is 23.2 Å². The summed E-state index contributed by atoms with van der Waals surface area (Å²) in [5.41, 5.74) is 1.58. The average Bonchev–Trinajstić information content (AvgIpc) is 3.09. The van der Waals surface area contributed by atoms with Gasteiger partial charge in [-0.1, -0.05) is 36.0 Å². The molecule has 0 saturated heterocycles. The fourth-order valence-electron chi connectivity index (χ4n) is 2.75. The van der Waals surface area contributed by atoms with Crippen LogP contribution in [0, 0.1) is 0 Å². The molecule has 6 heteroatoms. The highest BCUT2D eigenvalue weighted by molar-refractivity contribution is 7.20. The summed E-state index contributed by atoms with van der Waals surface area (Å²) in [5, 5.41) is 14.8. The number of aromatic nitrogens is 2. The second-order valence-electron chi connectivity index (χ2n) is 5.22. The molecule has 1 unspecified atom stereocenters. The van der Waals surface area contributed by atoms with Crippen LogP contribution in [0.25, 0.3) is 0 Å². The van der Waals surface area contributed by atoms with Crippen molar-refractivity contribution >= 4 is 34.5 Å². The first kappa shape index (κ1) is 14.4. The van der Waals surface area contributed by atoms with Crippen LogP contribution in [-0.4, -0.2) is 14.9 Å². The Morgan fingerprint density at radius 1 is 1.40 bits per heavy atom. The topological polar surface area (TPSA) is 38.0 Å². The third kappa shape index (κ3) is 3.03. The summed E-state index contributed by atoms with van der Waals surface area (Å²) in [6.45, 7) is 0. The molecule has 0 aliphatic heterocycles. The predicted octanol–water partition coefficient (Wildman–Crippen LogP) is 4.64. The fourth-order valence-corrected chi connectivity index (χ4v) is 4.31. The molecule has 1 aliphatic carbocycles. The van der Waals surface area contributed by atoms with E-state index in [1.54, 1.807) is 6.07 Å². The lowest BCUT2D eigenvalue weighted by atomic mass is 10.1. The number of halogens is 2. The van der Waals surface area contributed by atoms with Crippen LogP contribution in [0.15, 0.2) is 18.3 Å². The molecule has 0 radical (unpaired) electrons. The van der Waals surface area contributed by atoms with Gasteiger partial charge in [-0.2, -0.15) is 5.10 Å². The molecule has 0 spiro atoms. The van der Waals surface area contributed by atoms with Crippen LogP contribution < -0.4 is 0 Å². The van der Waals surface area contributed by atoms with Crippen LogP contribution >= 0.6 is 34.5 Å². The van der Waals surface area contributed by atoms with Crippen molar-refractivity contribution < 1.29 is 5.11 Å². The number of aliphatic hydroxyl groups excluding tert-OH is 1. The average molecular weight is 331 g/mol. The van der Waals surface area contributed by atoms with Gasteiger partial charge in [-0.15, -0.1) is 11.3 Å². The number of nitrogens with zero attached hydrogens (tertiary/aromatic N) is 2. The fraction of sp³-hybridized carbons (Fsp3) is 0.500. The number of hydrogen-bond donors (Lipinski definition) is 1. The minimum absolute atomic E-state index is 0.465. The molecule has 1 fully saturated rings. The zero-order valence-electron chi connectivity index (χ0n) is 10.9. The molecular weight excluding hydrogens is 315 g/mol. The molecule has 1 aliphatic rings. The zero-order chi connectivity index (χ0) is 14.1. The largest absolute Gasteiger partial charge is 0.388 e. The van der Waals surface area contributed by atoms with Crippen molar-refractivity contribution in [3.63, 3.8) is 0 Å². The Bertz CT molecular complexity index is 590. The highest BCUT2D eigenvalue weighted by Crippen LogP contribution is 2.36. The van der Waals surface area contributed by atoms with Crippen molar-refractivity contribution in [1.82, 2.24) is 9.78 Å². The Morgan fingerprint density at radius 2 is 2.15 bits per heavy atom. The first-order valence-electron chi connectivity index (χ1n) is 6.80. The summed E-state index contributed by atoms with van der Waals surface area (Å²) in [6.07, 6.45) is 6.80. The first-order valence-corrected chi connectivity index (χ1v) is 8.37. The molecule has 3 nitrogen and oxygen atoms in total. The summed E-state index contributed by atoms with van der Waals surface area (Å²) in [6, 6.07) is 4.23. The Kier molecular flexibility index (Phi) is 4.36. The molecule has 3 rings (SSSR count). The van der Waals surface area contributed by atoms with Crippen LogP contribution in [0.5, 0.6) is 0 Å². The molecule has 0 amide bonds. The van der Waals surface area contributed by atoms with E-state index in [1.165, 1.54) is 37.0 Å². The third-order valence-corrected chi connectivity index (χ3v) is 5.32. The van der Waals surface area contributed by atoms with E-state index in [-0.39, 0.29) is 0 Å². The van der Waals surface area contributed by atoms with Gasteiger partial charge < -0.3 is 5.11 Å². The zero-order valence-corrected chi connectivity index (χ0v) is 13.3. The molecule has 0 bridgehead atoms. The molecule has 1 saturated carbocycles. The summed E-state index contributed by atoms with van der Waals surface area (Å²) in [7, 11) is 0. The molecular formula is C14H16Cl2N2OS. The summed E-state index contributed by atoms with van der Waals surface area (Å²) in [4.78, 5) is 0. The lowest BCUT2D eigenvalue weighted by Gasteiger charge is -2.10. The van der Waals surface area contributed by atoms with Gasteiger partial charge in [0.25, 0.3) is 0 Å².